The normalized spacial score (nSPS) is 10.8. The van der Waals surface area contributed by atoms with Gasteiger partial charge in [-0.15, -0.1) is 0 Å². The summed E-state index contributed by atoms with van der Waals surface area (Å²) in [4.78, 5) is 28.4. The number of amides is 2. The van der Waals surface area contributed by atoms with Gasteiger partial charge in [0.05, 0.1) is 11.4 Å². The lowest BCUT2D eigenvalue weighted by atomic mass is 10.1. The largest absolute Gasteiger partial charge is 0.329 e. The number of carbonyl (C=O) groups is 2. The second-order valence-corrected chi connectivity index (χ2v) is 9.92. The molecule has 6 nitrogen and oxygen atoms in total. The topological polar surface area (TPSA) is 67.2 Å². The third kappa shape index (κ3) is 6.17. The van der Waals surface area contributed by atoms with Crippen LogP contribution in [0.3, 0.4) is 0 Å². The predicted molar refractivity (Wildman–Crippen MR) is 152 cm³/mol. The fourth-order valence-corrected chi connectivity index (χ4v) is 4.55. The molecule has 2 amide bonds. The summed E-state index contributed by atoms with van der Waals surface area (Å²) in [5, 5.41) is 7.91. The molecule has 0 fully saturated rings. The van der Waals surface area contributed by atoms with E-state index in [1.165, 1.54) is 0 Å². The van der Waals surface area contributed by atoms with Crippen LogP contribution in [0.15, 0.2) is 83.3 Å². The number of anilines is 1. The summed E-state index contributed by atoms with van der Waals surface area (Å²) in [6.45, 7) is 6.47. The molecule has 1 N–H and O–H groups in total. The molecule has 7 heteroatoms. The quantitative estimate of drug-likeness (QED) is 0.245. The maximum Gasteiger partial charge on any atom is 0.254 e. The first-order valence-corrected chi connectivity index (χ1v) is 13.2. The molecule has 0 unspecified atom stereocenters. The third-order valence-corrected chi connectivity index (χ3v) is 6.75. The van der Waals surface area contributed by atoms with Gasteiger partial charge in [-0.3, -0.25) is 9.59 Å². The number of hydrogen-bond acceptors (Lipinski definition) is 3. The molecule has 0 saturated heterocycles. The SMILES string of the molecule is CCCCN(CC(=O)Nc1c(-c2ccccc2)c(C)nn1-c1ccccc1C)C(=O)c1ccc(Br)cc1. The molecule has 0 radical (unpaired) electrons. The van der Waals surface area contributed by atoms with E-state index in [4.69, 9.17) is 5.10 Å². The number of halogens is 1. The molecule has 3 aromatic carbocycles. The Hall–Kier alpha value is -3.71. The van der Waals surface area contributed by atoms with Gasteiger partial charge in [0, 0.05) is 22.1 Å². The minimum absolute atomic E-state index is 0.0544. The van der Waals surface area contributed by atoms with Crippen LogP contribution in [-0.2, 0) is 4.79 Å². The Bertz CT molecular complexity index is 1380. The van der Waals surface area contributed by atoms with Crippen molar-refractivity contribution >= 4 is 33.6 Å². The van der Waals surface area contributed by atoms with E-state index in [-0.39, 0.29) is 18.4 Å². The highest BCUT2D eigenvalue weighted by molar-refractivity contribution is 9.10. The Balaban J connectivity index is 1.68. The molecule has 0 aliphatic carbocycles. The Morgan fingerprint density at radius 3 is 2.30 bits per heavy atom. The number of nitrogens with one attached hydrogen (secondary N) is 1. The first-order chi connectivity index (χ1) is 17.9. The van der Waals surface area contributed by atoms with Gasteiger partial charge in [-0.05, 0) is 61.7 Å². The molecule has 0 aliphatic heterocycles. The molecule has 4 aromatic rings. The highest BCUT2D eigenvalue weighted by atomic mass is 79.9. The summed E-state index contributed by atoms with van der Waals surface area (Å²) < 4.78 is 2.69. The lowest BCUT2D eigenvalue weighted by Gasteiger charge is -2.23. The van der Waals surface area contributed by atoms with Crippen LogP contribution >= 0.6 is 15.9 Å². The second-order valence-electron chi connectivity index (χ2n) is 9.01. The number of rotatable bonds is 9. The number of aryl methyl sites for hydroxylation is 2. The van der Waals surface area contributed by atoms with Crippen LogP contribution in [0.2, 0.25) is 0 Å². The number of carbonyl (C=O) groups excluding carboxylic acids is 2. The van der Waals surface area contributed by atoms with Gasteiger partial charge in [-0.2, -0.15) is 5.10 Å². The Morgan fingerprint density at radius 1 is 0.946 bits per heavy atom. The van der Waals surface area contributed by atoms with E-state index in [1.807, 2.05) is 80.6 Å². The average molecular weight is 560 g/mol. The molecule has 37 heavy (non-hydrogen) atoms. The standard InChI is InChI=1S/C30H31BrN4O2/c1-4-5-19-34(30(37)24-15-17-25(31)18-16-24)20-27(36)32-29-28(23-12-7-6-8-13-23)22(3)33-35(29)26-14-10-9-11-21(26)2/h6-18H,4-5,19-20H2,1-3H3,(H,32,36). The van der Waals surface area contributed by atoms with E-state index in [9.17, 15) is 9.59 Å². The van der Waals surface area contributed by atoms with Crippen molar-refractivity contribution < 1.29 is 9.59 Å². The summed E-state index contributed by atoms with van der Waals surface area (Å²) in [6, 6.07) is 25.1. The third-order valence-electron chi connectivity index (χ3n) is 6.22. The van der Waals surface area contributed by atoms with Crippen molar-refractivity contribution in [2.75, 3.05) is 18.4 Å². The zero-order valence-corrected chi connectivity index (χ0v) is 23.0. The van der Waals surface area contributed by atoms with E-state index < -0.39 is 0 Å². The van der Waals surface area contributed by atoms with Crippen LogP contribution in [0.25, 0.3) is 16.8 Å². The summed E-state index contributed by atoms with van der Waals surface area (Å²) in [5.41, 5.74) is 5.10. The lowest BCUT2D eigenvalue weighted by Crippen LogP contribution is -2.39. The van der Waals surface area contributed by atoms with Gasteiger partial charge >= 0.3 is 0 Å². The summed E-state index contributed by atoms with van der Waals surface area (Å²) in [5.74, 6) is 0.158. The Morgan fingerprint density at radius 2 is 1.62 bits per heavy atom. The van der Waals surface area contributed by atoms with Crippen molar-refractivity contribution in [1.82, 2.24) is 14.7 Å². The maximum absolute atomic E-state index is 13.5. The van der Waals surface area contributed by atoms with E-state index in [1.54, 1.807) is 21.7 Å². The summed E-state index contributed by atoms with van der Waals surface area (Å²) >= 11 is 3.41. The number of unbranched alkanes of at least 4 members (excludes halogenated alkanes) is 1. The number of benzene rings is 3. The van der Waals surface area contributed by atoms with Gasteiger partial charge in [-0.25, -0.2) is 4.68 Å². The van der Waals surface area contributed by atoms with Crippen molar-refractivity contribution in [2.45, 2.75) is 33.6 Å². The highest BCUT2D eigenvalue weighted by Gasteiger charge is 2.23. The van der Waals surface area contributed by atoms with E-state index in [0.717, 1.165) is 45.4 Å². The molecule has 1 aromatic heterocycles. The number of para-hydroxylation sites is 1. The van der Waals surface area contributed by atoms with Crippen molar-refractivity contribution in [2.24, 2.45) is 0 Å². The van der Waals surface area contributed by atoms with Crippen molar-refractivity contribution in [3.63, 3.8) is 0 Å². The summed E-state index contributed by atoms with van der Waals surface area (Å²) in [6.07, 6.45) is 1.73. The number of nitrogens with zero attached hydrogens (tertiary/aromatic N) is 3. The van der Waals surface area contributed by atoms with Gasteiger partial charge in [0.25, 0.3) is 5.91 Å². The second kappa shape index (κ2) is 12.0. The highest BCUT2D eigenvalue weighted by Crippen LogP contribution is 2.34. The van der Waals surface area contributed by atoms with Crippen LogP contribution in [0.1, 0.15) is 41.4 Å². The Labute approximate surface area is 226 Å². The first-order valence-electron chi connectivity index (χ1n) is 12.4. The van der Waals surface area contributed by atoms with Crippen LogP contribution in [-0.4, -0.2) is 39.6 Å². The number of aromatic nitrogens is 2. The maximum atomic E-state index is 13.5. The van der Waals surface area contributed by atoms with Crippen LogP contribution < -0.4 is 5.32 Å². The van der Waals surface area contributed by atoms with Crippen LogP contribution in [0.4, 0.5) is 5.82 Å². The molecular formula is C30H31BrN4O2. The van der Waals surface area contributed by atoms with Gasteiger partial charge in [0.1, 0.15) is 12.4 Å². The summed E-state index contributed by atoms with van der Waals surface area (Å²) in [7, 11) is 0. The number of hydrogen-bond donors (Lipinski definition) is 1. The van der Waals surface area contributed by atoms with Gasteiger partial charge < -0.3 is 10.2 Å². The van der Waals surface area contributed by atoms with Crippen LogP contribution in [0.5, 0.6) is 0 Å². The lowest BCUT2D eigenvalue weighted by molar-refractivity contribution is -0.116. The minimum Gasteiger partial charge on any atom is -0.329 e. The van der Waals surface area contributed by atoms with Crippen molar-refractivity contribution in [1.29, 1.82) is 0 Å². The molecule has 0 atom stereocenters. The first kappa shape index (κ1) is 26.4. The molecule has 1 heterocycles. The van der Waals surface area contributed by atoms with Crippen molar-refractivity contribution in [3.05, 3.63) is 100 Å². The average Bonchev–Trinajstić information content (AvgIpc) is 3.22. The van der Waals surface area contributed by atoms with Gasteiger partial charge in [0.2, 0.25) is 5.91 Å². The molecule has 0 aliphatic rings. The minimum atomic E-state index is -0.270. The van der Waals surface area contributed by atoms with Gasteiger partial charge in [-0.1, -0.05) is 77.8 Å². The van der Waals surface area contributed by atoms with E-state index >= 15 is 0 Å². The van der Waals surface area contributed by atoms with Crippen molar-refractivity contribution in [3.8, 4) is 16.8 Å². The monoisotopic (exact) mass is 558 g/mol. The van der Waals surface area contributed by atoms with E-state index in [0.29, 0.717) is 17.9 Å². The molecule has 0 bridgehead atoms. The van der Waals surface area contributed by atoms with Crippen LogP contribution in [0, 0.1) is 13.8 Å². The molecule has 0 saturated carbocycles. The predicted octanol–water partition coefficient (Wildman–Crippen LogP) is 6.80. The fraction of sp³-hybridized carbons (Fsp3) is 0.233. The Kier molecular flexibility index (Phi) is 8.56. The van der Waals surface area contributed by atoms with E-state index in [2.05, 4.69) is 28.2 Å². The van der Waals surface area contributed by atoms with Gasteiger partial charge in [0.15, 0.2) is 0 Å². The zero-order valence-electron chi connectivity index (χ0n) is 21.4. The fourth-order valence-electron chi connectivity index (χ4n) is 4.29. The molecule has 0 spiro atoms. The molecule has 4 rings (SSSR count). The smallest absolute Gasteiger partial charge is 0.254 e. The molecule has 190 valence electrons. The molecular weight excluding hydrogens is 528 g/mol. The zero-order chi connectivity index (χ0) is 26.4.